The monoisotopic (exact) mass is 512 g/mol. The Bertz CT molecular complexity index is 1690. The molecule has 2 aromatic heterocycles. The summed E-state index contributed by atoms with van der Waals surface area (Å²) in [5, 5.41) is 2.10. The van der Waals surface area contributed by atoms with Crippen LogP contribution in [0.4, 0.5) is 10.1 Å². The van der Waals surface area contributed by atoms with Crippen molar-refractivity contribution in [2.75, 3.05) is 0 Å². The summed E-state index contributed by atoms with van der Waals surface area (Å²) < 4.78 is 19.1. The summed E-state index contributed by atoms with van der Waals surface area (Å²) in [5.41, 5.74) is 7.51. The number of aryl methyl sites for hydroxylation is 3. The van der Waals surface area contributed by atoms with E-state index in [0.717, 1.165) is 33.0 Å². The van der Waals surface area contributed by atoms with E-state index in [-0.39, 0.29) is 11.4 Å². The maximum atomic E-state index is 13.5. The van der Waals surface area contributed by atoms with Gasteiger partial charge in [-0.15, -0.1) is 11.3 Å². The van der Waals surface area contributed by atoms with Crippen molar-refractivity contribution in [2.45, 2.75) is 33.7 Å². The van der Waals surface area contributed by atoms with E-state index < -0.39 is 0 Å². The molecule has 0 aliphatic rings. The number of halogens is 1. The Morgan fingerprint density at radius 1 is 0.919 bits per heavy atom. The van der Waals surface area contributed by atoms with E-state index in [4.69, 9.17) is 4.99 Å². The third-order valence-electron chi connectivity index (χ3n) is 6.87. The number of aromatic nitrogens is 3. The third-order valence-corrected chi connectivity index (χ3v) is 7.73. The van der Waals surface area contributed by atoms with Crippen molar-refractivity contribution in [3.05, 3.63) is 122 Å². The van der Waals surface area contributed by atoms with Gasteiger partial charge in [-0.1, -0.05) is 42.5 Å². The lowest BCUT2D eigenvalue weighted by atomic mass is 10.0. The molecule has 5 aromatic rings. The summed E-state index contributed by atoms with van der Waals surface area (Å²) in [5.74, 6) is -0.243. The van der Waals surface area contributed by atoms with E-state index in [1.54, 1.807) is 4.68 Å². The summed E-state index contributed by atoms with van der Waals surface area (Å²) in [6.07, 6.45) is 0.712. The second kappa shape index (κ2) is 10.2. The van der Waals surface area contributed by atoms with Crippen molar-refractivity contribution in [1.29, 1.82) is 0 Å². The molecule has 3 aromatic carbocycles. The summed E-state index contributed by atoms with van der Waals surface area (Å²) in [6, 6.07) is 22.6. The van der Waals surface area contributed by atoms with Crippen LogP contribution < -0.4 is 10.4 Å². The van der Waals surface area contributed by atoms with Gasteiger partial charge in [0, 0.05) is 19.0 Å². The number of nitrogens with zero attached hydrogens (tertiary/aromatic N) is 4. The van der Waals surface area contributed by atoms with Gasteiger partial charge >= 0.3 is 0 Å². The maximum absolute atomic E-state index is 13.5. The largest absolute Gasteiger partial charge is 0.316 e. The van der Waals surface area contributed by atoms with Crippen molar-refractivity contribution < 1.29 is 4.39 Å². The first-order valence-electron chi connectivity index (χ1n) is 12.2. The first-order valence-corrected chi connectivity index (χ1v) is 13.1. The molecule has 0 saturated heterocycles. The second-order valence-corrected chi connectivity index (χ2v) is 10.1. The standard InChI is InChI=1S/C30H29FN4OS/c1-20-10-13-24(18-21(20)2)27-19-37-30(34(27)17-16-23-11-14-25(31)15-12-23)32-28-22(3)33(4)35(29(28)36)26-8-6-5-7-9-26/h5-15,18-19H,16-17H2,1-4H3. The van der Waals surface area contributed by atoms with Crippen LogP contribution in [-0.4, -0.2) is 13.9 Å². The normalized spacial score (nSPS) is 11.9. The topological polar surface area (TPSA) is 44.2 Å². The van der Waals surface area contributed by atoms with Gasteiger partial charge in [-0.3, -0.25) is 9.48 Å². The van der Waals surface area contributed by atoms with Gasteiger partial charge in [-0.25, -0.2) is 14.1 Å². The van der Waals surface area contributed by atoms with Gasteiger partial charge in [0.1, 0.15) is 5.82 Å². The molecule has 0 saturated carbocycles. The minimum atomic E-state index is -0.243. The highest BCUT2D eigenvalue weighted by Gasteiger charge is 2.17. The Hall–Kier alpha value is -3.97. The average molecular weight is 513 g/mol. The number of benzene rings is 3. The molecule has 0 atom stereocenters. The summed E-state index contributed by atoms with van der Waals surface area (Å²) >= 11 is 1.52. The van der Waals surface area contributed by atoms with Crippen LogP contribution in [0.3, 0.4) is 0 Å². The van der Waals surface area contributed by atoms with Gasteiger partial charge in [0.2, 0.25) is 0 Å². The predicted molar refractivity (Wildman–Crippen MR) is 148 cm³/mol. The van der Waals surface area contributed by atoms with Crippen LogP contribution >= 0.6 is 11.3 Å². The van der Waals surface area contributed by atoms with E-state index in [2.05, 4.69) is 42.0 Å². The summed E-state index contributed by atoms with van der Waals surface area (Å²) in [6.45, 7) is 6.78. The Kier molecular flexibility index (Phi) is 6.80. The zero-order valence-electron chi connectivity index (χ0n) is 21.4. The number of rotatable bonds is 6. The van der Waals surface area contributed by atoms with Crippen LogP contribution in [0.15, 0.2) is 88.0 Å². The zero-order valence-corrected chi connectivity index (χ0v) is 22.2. The van der Waals surface area contributed by atoms with Crippen molar-refractivity contribution >= 4 is 17.0 Å². The van der Waals surface area contributed by atoms with Crippen LogP contribution in [0.5, 0.6) is 0 Å². The number of thiazole rings is 1. The van der Waals surface area contributed by atoms with Crippen molar-refractivity contribution in [1.82, 2.24) is 13.9 Å². The Balaban J connectivity index is 1.64. The molecule has 188 valence electrons. The molecule has 0 aliphatic carbocycles. The van der Waals surface area contributed by atoms with Crippen LogP contribution in [0.2, 0.25) is 0 Å². The van der Waals surface area contributed by atoms with Gasteiger partial charge in [0.15, 0.2) is 10.5 Å². The van der Waals surface area contributed by atoms with E-state index in [1.165, 1.54) is 34.6 Å². The number of hydrogen-bond acceptors (Lipinski definition) is 3. The van der Waals surface area contributed by atoms with E-state index >= 15 is 0 Å². The highest BCUT2D eigenvalue weighted by atomic mass is 32.1. The Morgan fingerprint density at radius 3 is 2.35 bits per heavy atom. The number of para-hydroxylation sites is 1. The van der Waals surface area contributed by atoms with Gasteiger partial charge in [-0.2, -0.15) is 0 Å². The lowest BCUT2D eigenvalue weighted by Gasteiger charge is -2.11. The van der Waals surface area contributed by atoms with E-state index in [0.29, 0.717) is 18.7 Å². The molecule has 5 nitrogen and oxygen atoms in total. The molecule has 2 heterocycles. The molecule has 0 spiro atoms. The average Bonchev–Trinajstić information content (AvgIpc) is 3.39. The summed E-state index contributed by atoms with van der Waals surface area (Å²) in [4.78, 5) is 19.2. The fraction of sp³-hybridized carbons (Fsp3) is 0.200. The molecule has 0 amide bonds. The SMILES string of the molecule is Cc1ccc(-c2csc(=Nc3c(C)n(C)n(-c4ccccc4)c3=O)n2CCc2ccc(F)cc2)cc1C. The van der Waals surface area contributed by atoms with Gasteiger partial charge in [-0.05, 0) is 79.8 Å². The van der Waals surface area contributed by atoms with Gasteiger partial charge in [0.25, 0.3) is 5.56 Å². The first kappa shape index (κ1) is 24.7. The highest BCUT2D eigenvalue weighted by molar-refractivity contribution is 7.07. The van der Waals surface area contributed by atoms with Crippen molar-refractivity contribution in [3.63, 3.8) is 0 Å². The van der Waals surface area contributed by atoms with Crippen LogP contribution in [0, 0.1) is 26.6 Å². The fourth-order valence-electron chi connectivity index (χ4n) is 4.44. The Labute approximate surface area is 219 Å². The zero-order chi connectivity index (χ0) is 26.1. The third kappa shape index (κ3) is 4.87. The molecule has 7 heteroatoms. The molecule has 0 aliphatic heterocycles. The van der Waals surface area contributed by atoms with Crippen molar-refractivity contribution in [3.8, 4) is 16.9 Å². The quantitative estimate of drug-likeness (QED) is 0.265. The fourth-order valence-corrected chi connectivity index (χ4v) is 5.38. The molecule has 37 heavy (non-hydrogen) atoms. The molecular weight excluding hydrogens is 483 g/mol. The second-order valence-electron chi connectivity index (χ2n) is 9.25. The molecule has 0 fully saturated rings. The molecule has 0 N–H and O–H groups in total. The predicted octanol–water partition coefficient (Wildman–Crippen LogP) is 6.25. The minimum Gasteiger partial charge on any atom is -0.316 e. The molecule has 0 bridgehead atoms. The molecular formula is C30H29FN4OS. The van der Waals surface area contributed by atoms with E-state index in [1.807, 2.05) is 61.1 Å². The van der Waals surface area contributed by atoms with Gasteiger partial charge in [0.05, 0.1) is 17.1 Å². The number of hydrogen-bond donors (Lipinski definition) is 0. The Morgan fingerprint density at radius 2 is 1.65 bits per heavy atom. The van der Waals surface area contributed by atoms with Gasteiger partial charge < -0.3 is 4.57 Å². The van der Waals surface area contributed by atoms with Crippen LogP contribution in [-0.2, 0) is 20.0 Å². The van der Waals surface area contributed by atoms with Crippen LogP contribution in [0.25, 0.3) is 16.9 Å². The molecule has 0 radical (unpaired) electrons. The lowest BCUT2D eigenvalue weighted by Crippen LogP contribution is -2.20. The van der Waals surface area contributed by atoms with Crippen LogP contribution in [0.1, 0.15) is 22.4 Å². The molecule has 5 rings (SSSR count). The van der Waals surface area contributed by atoms with E-state index in [9.17, 15) is 9.18 Å². The summed E-state index contributed by atoms with van der Waals surface area (Å²) in [7, 11) is 1.88. The van der Waals surface area contributed by atoms with Crippen molar-refractivity contribution in [2.24, 2.45) is 12.0 Å². The molecule has 0 unspecified atom stereocenters. The maximum Gasteiger partial charge on any atom is 0.297 e. The highest BCUT2D eigenvalue weighted by Crippen LogP contribution is 2.24. The smallest absolute Gasteiger partial charge is 0.297 e. The minimum absolute atomic E-state index is 0.155. The first-order chi connectivity index (χ1) is 17.8. The lowest BCUT2D eigenvalue weighted by molar-refractivity contribution is 0.625.